The zero-order valence-electron chi connectivity index (χ0n) is 8.60. The van der Waals surface area contributed by atoms with E-state index in [0.29, 0.717) is 11.5 Å². The number of nitrogens with zero attached hydrogens (tertiary/aromatic N) is 3. The SMILES string of the molecule is COC(=O)CN(C)c1cccc(C#N)n1. The average Bonchev–Trinajstić information content (AvgIpc) is 2.28. The van der Waals surface area contributed by atoms with Crippen LogP contribution in [0.25, 0.3) is 0 Å². The number of ether oxygens (including phenoxy) is 1. The highest BCUT2D eigenvalue weighted by atomic mass is 16.5. The lowest BCUT2D eigenvalue weighted by atomic mass is 10.3. The number of anilines is 1. The van der Waals surface area contributed by atoms with Gasteiger partial charge in [0.05, 0.1) is 7.11 Å². The van der Waals surface area contributed by atoms with E-state index in [1.807, 2.05) is 6.07 Å². The zero-order valence-corrected chi connectivity index (χ0v) is 8.60. The number of carbonyl (C=O) groups is 1. The van der Waals surface area contributed by atoms with Gasteiger partial charge in [-0.2, -0.15) is 5.26 Å². The third-order valence-electron chi connectivity index (χ3n) is 1.83. The molecule has 0 atom stereocenters. The van der Waals surface area contributed by atoms with E-state index in [9.17, 15) is 4.79 Å². The van der Waals surface area contributed by atoms with E-state index in [1.54, 1.807) is 30.1 Å². The molecule has 0 fully saturated rings. The van der Waals surface area contributed by atoms with Crippen molar-refractivity contribution in [2.75, 3.05) is 25.6 Å². The lowest BCUT2D eigenvalue weighted by Crippen LogP contribution is -2.27. The Hall–Kier alpha value is -2.09. The van der Waals surface area contributed by atoms with Crippen molar-refractivity contribution >= 4 is 11.8 Å². The van der Waals surface area contributed by atoms with Crippen molar-refractivity contribution in [1.82, 2.24) is 4.98 Å². The van der Waals surface area contributed by atoms with Crippen molar-refractivity contribution in [3.8, 4) is 6.07 Å². The Morgan fingerprint density at radius 1 is 1.67 bits per heavy atom. The van der Waals surface area contributed by atoms with E-state index in [2.05, 4.69) is 9.72 Å². The molecule has 0 saturated carbocycles. The number of esters is 1. The van der Waals surface area contributed by atoms with Crippen molar-refractivity contribution in [1.29, 1.82) is 5.26 Å². The summed E-state index contributed by atoms with van der Waals surface area (Å²) < 4.78 is 4.53. The first kappa shape index (κ1) is 11.0. The maximum Gasteiger partial charge on any atom is 0.325 e. The zero-order chi connectivity index (χ0) is 11.3. The van der Waals surface area contributed by atoms with Crippen LogP contribution in [0.15, 0.2) is 18.2 Å². The van der Waals surface area contributed by atoms with Crippen LogP contribution < -0.4 is 4.90 Å². The molecule has 1 aromatic heterocycles. The van der Waals surface area contributed by atoms with E-state index in [4.69, 9.17) is 5.26 Å². The van der Waals surface area contributed by atoms with Gasteiger partial charge in [0, 0.05) is 7.05 Å². The van der Waals surface area contributed by atoms with E-state index >= 15 is 0 Å². The van der Waals surface area contributed by atoms with Gasteiger partial charge in [-0.3, -0.25) is 4.79 Å². The fourth-order valence-electron chi connectivity index (χ4n) is 1.04. The number of nitriles is 1. The molecule has 0 aromatic carbocycles. The standard InChI is InChI=1S/C10H11N3O2/c1-13(7-10(14)15-2)9-5-3-4-8(6-11)12-9/h3-5H,7H2,1-2H3. The number of hydrogen-bond acceptors (Lipinski definition) is 5. The summed E-state index contributed by atoms with van der Waals surface area (Å²) in [6.07, 6.45) is 0. The Morgan fingerprint density at radius 2 is 2.40 bits per heavy atom. The molecule has 1 rings (SSSR count). The van der Waals surface area contributed by atoms with E-state index in [1.165, 1.54) is 7.11 Å². The fraction of sp³-hybridized carbons (Fsp3) is 0.300. The van der Waals surface area contributed by atoms with Gasteiger partial charge in [-0.1, -0.05) is 6.07 Å². The monoisotopic (exact) mass is 205 g/mol. The summed E-state index contributed by atoms with van der Waals surface area (Å²) in [6.45, 7) is 0.110. The number of rotatable bonds is 3. The summed E-state index contributed by atoms with van der Waals surface area (Å²) in [6, 6.07) is 6.99. The first-order chi connectivity index (χ1) is 7.17. The molecule has 15 heavy (non-hydrogen) atoms. The Morgan fingerprint density at radius 3 is 3.00 bits per heavy atom. The normalized spacial score (nSPS) is 9.13. The maximum atomic E-state index is 11.0. The minimum atomic E-state index is -0.346. The van der Waals surface area contributed by atoms with Gasteiger partial charge in [-0.05, 0) is 12.1 Å². The molecule has 5 heteroatoms. The highest BCUT2D eigenvalue weighted by Crippen LogP contribution is 2.08. The molecule has 1 aromatic rings. The van der Waals surface area contributed by atoms with Crippen LogP contribution in [0.2, 0.25) is 0 Å². The lowest BCUT2D eigenvalue weighted by Gasteiger charge is -2.16. The van der Waals surface area contributed by atoms with Crippen LogP contribution in [-0.2, 0) is 9.53 Å². The number of carbonyl (C=O) groups excluding carboxylic acids is 1. The maximum absolute atomic E-state index is 11.0. The molecule has 0 bridgehead atoms. The van der Waals surface area contributed by atoms with Crippen LogP contribution in [0.3, 0.4) is 0 Å². The molecule has 0 spiro atoms. The predicted molar refractivity (Wildman–Crippen MR) is 54.2 cm³/mol. The second kappa shape index (κ2) is 4.96. The van der Waals surface area contributed by atoms with Crippen molar-refractivity contribution in [2.45, 2.75) is 0 Å². The Bertz CT molecular complexity index is 398. The van der Waals surface area contributed by atoms with Crippen LogP contribution in [0.5, 0.6) is 0 Å². The third-order valence-corrected chi connectivity index (χ3v) is 1.83. The highest BCUT2D eigenvalue weighted by molar-refractivity contribution is 5.75. The summed E-state index contributed by atoms with van der Waals surface area (Å²) in [5.41, 5.74) is 0.323. The Kier molecular flexibility index (Phi) is 3.63. The molecule has 0 radical (unpaired) electrons. The highest BCUT2D eigenvalue weighted by Gasteiger charge is 2.08. The predicted octanol–water partition coefficient (Wildman–Crippen LogP) is 0.562. The molecule has 0 saturated heterocycles. The Labute approximate surface area is 87.9 Å². The molecular weight excluding hydrogens is 194 g/mol. The lowest BCUT2D eigenvalue weighted by molar-refractivity contribution is -0.138. The van der Waals surface area contributed by atoms with Gasteiger partial charge in [0.25, 0.3) is 0 Å². The number of pyridine rings is 1. The molecule has 0 aliphatic carbocycles. The van der Waals surface area contributed by atoms with Crippen LogP contribution in [0, 0.1) is 11.3 Å². The van der Waals surface area contributed by atoms with Gasteiger partial charge in [0.15, 0.2) is 0 Å². The summed E-state index contributed by atoms with van der Waals surface area (Å²) in [7, 11) is 3.04. The number of hydrogen-bond donors (Lipinski definition) is 0. The summed E-state index contributed by atoms with van der Waals surface area (Å²) in [5, 5.41) is 8.65. The third kappa shape index (κ3) is 2.95. The van der Waals surface area contributed by atoms with Crippen LogP contribution >= 0.6 is 0 Å². The van der Waals surface area contributed by atoms with E-state index in [0.717, 1.165) is 0 Å². The number of methoxy groups -OCH3 is 1. The quantitative estimate of drug-likeness (QED) is 0.674. The van der Waals surface area contributed by atoms with Crippen LogP contribution in [-0.4, -0.2) is 31.7 Å². The summed E-state index contributed by atoms with van der Waals surface area (Å²) in [5.74, 6) is 0.223. The second-order valence-electron chi connectivity index (χ2n) is 2.93. The van der Waals surface area contributed by atoms with E-state index in [-0.39, 0.29) is 12.5 Å². The van der Waals surface area contributed by atoms with Crippen molar-refractivity contribution in [3.63, 3.8) is 0 Å². The van der Waals surface area contributed by atoms with Crippen LogP contribution in [0.1, 0.15) is 5.69 Å². The number of likely N-dealkylation sites (N-methyl/N-ethyl adjacent to an activating group) is 1. The van der Waals surface area contributed by atoms with Gasteiger partial charge in [0.1, 0.15) is 24.1 Å². The van der Waals surface area contributed by atoms with Crippen molar-refractivity contribution in [2.24, 2.45) is 0 Å². The molecule has 0 N–H and O–H groups in total. The molecule has 0 unspecified atom stereocenters. The van der Waals surface area contributed by atoms with Gasteiger partial charge in [-0.15, -0.1) is 0 Å². The molecular formula is C10H11N3O2. The fourth-order valence-corrected chi connectivity index (χ4v) is 1.04. The Balaban J connectivity index is 2.78. The van der Waals surface area contributed by atoms with E-state index < -0.39 is 0 Å². The summed E-state index contributed by atoms with van der Waals surface area (Å²) in [4.78, 5) is 16.6. The second-order valence-corrected chi connectivity index (χ2v) is 2.93. The van der Waals surface area contributed by atoms with Crippen molar-refractivity contribution < 1.29 is 9.53 Å². The summed E-state index contributed by atoms with van der Waals surface area (Å²) >= 11 is 0. The van der Waals surface area contributed by atoms with Gasteiger partial charge < -0.3 is 9.64 Å². The smallest absolute Gasteiger partial charge is 0.325 e. The number of aromatic nitrogens is 1. The minimum absolute atomic E-state index is 0.110. The molecule has 0 aliphatic rings. The van der Waals surface area contributed by atoms with Crippen LogP contribution in [0.4, 0.5) is 5.82 Å². The molecule has 5 nitrogen and oxygen atoms in total. The molecule has 78 valence electrons. The average molecular weight is 205 g/mol. The van der Waals surface area contributed by atoms with Gasteiger partial charge in [-0.25, -0.2) is 4.98 Å². The van der Waals surface area contributed by atoms with Crippen molar-refractivity contribution in [3.05, 3.63) is 23.9 Å². The molecule has 0 aliphatic heterocycles. The first-order valence-electron chi connectivity index (χ1n) is 4.32. The first-order valence-corrected chi connectivity index (χ1v) is 4.32. The minimum Gasteiger partial charge on any atom is -0.468 e. The molecule has 0 amide bonds. The molecule has 1 heterocycles. The largest absolute Gasteiger partial charge is 0.468 e. The van der Waals surface area contributed by atoms with Gasteiger partial charge in [0.2, 0.25) is 0 Å². The topological polar surface area (TPSA) is 66.2 Å². The van der Waals surface area contributed by atoms with Gasteiger partial charge >= 0.3 is 5.97 Å².